The van der Waals surface area contributed by atoms with Crippen molar-refractivity contribution in [2.24, 2.45) is 5.41 Å². The lowest BCUT2D eigenvalue weighted by atomic mass is 9.89. The summed E-state index contributed by atoms with van der Waals surface area (Å²) < 4.78 is 0. The van der Waals surface area contributed by atoms with E-state index in [1.54, 1.807) is 4.90 Å². The summed E-state index contributed by atoms with van der Waals surface area (Å²) in [5.41, 5.74) is 0.123. The molecule has 0 radical (unpaired) electrons. The Labute approximate surface area is 92.5 Å². The molecule has 1 aliphatic rings. The van der Waals surface area contributed by atoms with Crippen LogP contribution in [0.1, 0.15) is 46.5 Å². The lowest BCUT2D eigenvalue weighted by Crippen LogP contribution is -2.41. The number of β-amino-alcohol motifs (C(OH)–C–C–N with tert-alkyl or cyclic N) is 1. The van der Waals surface area contributed by atoms with Crippen LogP contribution in [0.25, 0.3) is 0 Å². The predicted molar refractivity (Wildman–Crippen MR) is 60.5 cm³/mol. The molecule has 1 fully saturated rings. The number of aliphatic hydroxyl groups excluding tert-OH is 1. The Hall–Kier alpha value is -0.570. The highest BCUT2D eigenvalue weighted by Crippen LogP contribution is 2.22. The Morgan fingerprint density at radius 1 is 1.40 bits per heavy atom. The summed E-state index contributed by atoms with van der Waals surface area (Å²) >= 11 is 0. The molecule has 1 unspecified atom stereocenters. The summed E-state index contributed by atoms with van der Waals surface area (Å²) in [6.45, 7) is 7.65. The second-order valence-electron chi connectivity index (χ2n) is 5.72. The highest BCUT2D eigenvalue weighted by Gasteiger charge is 2.23. The number of likely N-dealkylation sites (tertiary alicyclic amines) is 1. The van der Waals surface area contributed by atoms with Gasteiger partial charge in [0.15, 0.2) is 0 Å². The Bertz CT molecular complexity index is 220. The van der Waals surface area contributed by atoms with Crippen LogP contribution in [0.15, 0.2) is 0 Å². The molecule has 0 bridgehead atoms. The molecule has 3 nitrogen and oxygen atoms in total. The molecule has 0 saturated carbocycles. The van der Waals surface area contributed by atoms with Gasteiger partial charge in [0, 0.05) is 19.5 Å². The third-order valence-electron chi connectivity index (χ3n) is 2.70. The van der Waals surface area contributed by atoms with E-state index in [0.29, 0.717) is 13.0 Å². The zero-order chi connectivity index (χ0) is 11.5. The number of piperidine rings is 1. The molecule has 0 aliphatic carbocycles. The SMILES string of the molecule is CC(C)(C)CC(O)CN1CCCCC1=O. The molecule has 0 spiro atoms. The van der Waals surface area contributed by atoms with Gasteiger partial charge in [-0.05, 0) is 24.7 Å². The summed E-state index contributed by atoms with van der Waals surface area (Å²) in [5, 5.41) is 9.86. The number of nitrogens with zero attached hydrogens (tertiary/aromatic N) is 1. The van der Waals surface area contributed by atoms with Crippen LogP contribution in [-0.4, -0.2) is 35.1 Å². The van der Waals surface area contributed by atoms with Crippen LogP contribution in [0, 0.1) is 5.41 Å². The fourth-order valence-electron chi connectivity index (χ4n) is 2.08. The molecule has 0 aromatic carbocycles. The van der Waals surface area contributed by atoms with Crippen molar-refractivity contribution in [3.63, 3.8) is 0 Å². The molecule has 3 heteroatoms. The first kappa shape index (κ1) is 12.5. The Morgan fingerprint density at radius 3 is 2.60 bits per heavy atom. The van der Waals surface area contributed by atoms with E-state index in [1.807, 2.05) is 0 Å². The van der Waals surface area contributed by atoms with Crippen LogP contribution in [0.2, 0.25) is 0 Å². The summed E-state index contributed by atoms with van der Waals surface area (Å²) in [4.78, 5) is 13.3. The molecule has 1 N–H and O–H groups in total. The largest absolute Gasteiger partial charge is 0.391 e. The quantitative estimate of drug-likeness (QED) is 0.776. The summed E-state index contributed by atoms with van der Waals surface area (Å²) in [6.07, 6.45) is 3.10. The maximum Gasteiger partial charge on any atom is 0.222 e. The predicted octanol–water partition coefficient (Wildman–Crippen LogP) is 1.80. The van der Waals surface area contributed by atoms with Gasteiger partial charge in [-0.25, -0.2) is 0 Å². The summed E-state index contributed by atoms with van der Waals surface area (Å²) in [6, 6.07) is 0. The second-order valence-corrected chi connectivity index (χ2v) is 5.72. The molecule has 0 aromatic heterocycles. The van der Waals surface area contributed by atoms with Gasteiger partial charge >= 0.3 is 0 Å². The molecule has 1 aliphatic heterocycles. The minimum atomic E-state index is -0.382. The van der Waals surface area contributed by atoms with Gasteiger partial charge in [-0.1, -0.05) is 20.8 Å². The lowest BCUT2D eigenvalue weighted by molar-refractivity contribution is -0.135. The first-order valence-corrected chi connectivity index (χ1v) is 5.84. The zero-order valence-electron chi connectivity index (χ0n) is 10.1. The second kappa shape index (κ2) is 4.97. The number of rotatable bonds is 3. The van der Waals surface area contributed by atoms with E-state index in [0.717, 1.165) is 25.8 Å². The molecule has 1 heterocycles. The van der Waals surface area contributed by atoms with E-state index in [-0.39, 0.29) is 17.4 Å². The smallest absolute Gasteiger partial charge is 0.222 e. The van der Waals surface area contributed by atoms with Crippen LogP contribution in [0.5, 0.6) is 0 Å². The van der Waals surface area contributed by atoms with Crippen LogP contribution in [-0.2, 0) is 4.79 Å². The molecule has 1 amide bonds. The van der Waals surface area contributed by atoms with Gasteiger partial charge in [0.25, 0.3) is 0 Å². The van der Waals surface area contributed by atoms with E-state index >= 15 is 0 Å². The van der Waals surface area contributed by atoms with Gasteiger partial charge in [-0.15, -0.1) is 0 Å². The summed E-state index contributed by atoms with van der Waals surface area (Å²) in [7, 11) is 0. The summed E-state index contributed by atoms with van der Waals surface area (Å²) in [5.74, 6) is 0.203. The number of aliphatic hydroxyl groups is 1. The fraction of sp³-hybridized carbons (Fsp3) is 0.917. The van der Waals surface area contributed by atoms with E-state index < -0.39 is 0 Å². The molecule has 1 rings (SSSR count). The minimum Gasteiger partial charge on any atom is -0.391 e. The number of carbonyl (C=O) groups excluding carboxylic acids is 1. The van der Waals surface area contributed by atoms with E-state index in [2.05, 4.69) is 20.8 Å². The first-order valence-electron chi connectivity index (χ1n) is 5.84. The van der Waals surface area contributed by atoms with Crippen molar-refractivity contribution in [1.29, 1.82) is 0 Å². The van der Waals surface area contributed by atoms with Gasteiger partial charge in [0.05, 0.1) is 6.10 Å². The van der Waals surface area contributed by atoms with Crippen LogP contribution >= 0.6 is 0 Å². The molecular weight excluding hydrogens is 190 g/mol. The van der Waals surface area contributed by atoms with Crippen molar-refractivity contribution in [2.45, 2.75) is 52.6 Å². The molecule has 1 saturated heterocycles. The standard InChI is InChI=1S/C12H23NO2/c1-12(2,3)8-10(14)9-13-7-5-4-6-11(13)15/h10,14H,4-9H2,1-3H3. The lowest BCUT2D eigenvalue weighted by Gasteiger charge is -2.31. The minimum absolute atomic E-state index is 0.123. The topological polar surface area (TPSA) is 40.5 Å². The van der Waals surface area contributed by atoms with Gasteiger partial charge < -0.3 is 10.0 Å². The van der Waals surface area contributed by atoms with Gasteiger partial charge in [-0.3, -0.25) is 4.79 Å². The fourth-order valence-corrected chi connectivity index (χ4v) is 2.08. The van der Waals surface area contributed by atoms with Gasteiger partial charge in [-0.2, -0.15) is 0 Å². The average molecular weight is 213 g/mol. The van der Waals surface area contributed by atoms with E-state index in [9.17, 15) is 9.90 Å². The van der Waals surface area contributed by atoms with Crippen molar-refractivity contribution in [3.8, 4) is 0 Å². The van der Waals surface area contributed by atoms with Crippen molar-refractivity contribution in [1.82, 2.24) is 4.90 Å². The molecule has 0 aromatic rings. The number of hydrogen-bond acceptors (Lipinski definition) is 2. The highest BCUT2D eigenvalue weighted by atomic mass is 16.3. The van der Waals surface area contributed by atoms with Gasteiger partial charge in [0.1, 0.15) is 0 Å². The Balaban J connectivity index is 2.36. The van der Waals surface area contributed by atoms with Gasteiger partial charge in [0.2, 0.25) is 5.91 Å². The first-order chi connectivity index (χ1) is 6.88. The molecule has 1 atom stereocenters. The maximum absolute atomic E-state index is 11.5. The Kier molecular flexibility index (Phi) is 4.14. The van der Waals surface area contributed by atoms with E-state index in [1.165, 1.54) is 0 Å². The number of hydrogen-bond donors (Lipinski definition) is 1. The van der Waals surface area contributed by atoms with Crippen LogP contribution in [0.3, 0.4) is 0 Å². The Morgan fingerprint density at radius 2 is 2.07 bits per heavy atom. The molecule has 15 heavy (non-hydrogen) atoms. The number of amides is 1. The zero-order valence-corrected chi connectivity index (χ0v) is 10.1. The third-order valence-corrected chi connectivity index (χ3v) is 2.70. The van der Waals surface area contributed by atoms with E-state index in [4.69, 9.17) is 0 Å². The van der Waals surface area contributed by atoms with Crippen molar-refractivity contribution in [3.05, 3.63) is 0 Å². The van der Waals surface area contributed by atoms with Crippen LogP contribution in [0.4, 0.5) is 0 Å². The third kappa shape index (κ3) is 4.65. The average Bonchev–Trinajstić information content (AvgIpc) is 2.05. The molecular formula is C12H23NO2. The number of carbonyl (C=O) groups is 1. The maximum atomic E-state index is 11.5. The molecule has 88 valence electrons. The van der Waals surface area contributed by atoms with Crippen LogP contribution < -0.4 is 0 Å². The van der Waals surface area contributed by atoms with Crippen molar-refractivity contribution >= 4 is 5.91 Å². The highest BCUT2D eigenvalue weighted by molar-refractivity contribution is 5.76. The van der Waals surface area contributed by atoms with Crippen molar-refractivity contribution in [2.75, 3.05) is 13.1 Å². The normalized spacial score (nSPS) is 20.5. The monoisotopic (exact) mass is 213 g/mol. The van der Waals surface area contributed by atoms with Crippen molar-refractivity contribution < 1.29 is 9.90 Å².